The molecule has 0 aromatic rings. The summed E-state index contributed by atoms with van der Waals surface area (Å²) in [5.41, 5.74) is 0. The Morgan fingerprint density at radius 2 is 2.20 bits per heavy atom. The van der Waals surface area contributed by atoms with Crippen molar-refractivity contribution < 1.29 is 14.6 Å². The molecule has 0 bridgehead atoms. The molecule has 0 amide bonds. The van der Waals surface area contributed by atoms with E-state index < -0.39 is 5.97 Å². The van der Waals surface area contributed by atoms with Crippen LogP contribution in [0.25, 0.3) is 0 Å². The summed E-state index contributed by atoms with van der Waals surface area (Å²) in [5.74, 6) is -0.769. The Morgan fingerprint density at radius 1 is 1.53 bits per heavy atom. The lowest BCUT2D eigenvalue weighted by atomic mass is 10.2. The van der Waals surface area contributed by atoms with Crippen LogP contribution in [-0.2, 0) is 9.53 Å². The van der Waals surface area contributed by atoms with Gasteiger partial charge in [-0.3, -0.25) is 9.69 Å². The lowest BCUT2D eigenvalue weighted by Gasteiger charge is -2.27. The second-order valence-corrected chi connectivity index (χ2v) is 4.56. The molecule has 1 N–H and O–H groups in total. The largest absolute Gasteiger partial charge is 0.480 e. The highest BCUT2D eigenvalue weighted by Crippen LogP contribution is 2.20. The Kier molecular flexibility index (Phi) is 4.54. The van der Waals surface area contributed by atoms with Crippen molar-refractivity contribution >= 4 is 5.97 Å². The second-order valence-electron chi connectivity index (χ2n) is 4.56. The van der Waals surface area contributed by atoms with Crippen LogP contribution in [-0.4, -0.2) is 47.3 Å². The van der Waals surface area contributed by atoms with Crippen LogP contribution in [0.3, 0.4) is 0 Å². The van der Waals surface area contributed by atoms with Gasteiger partial charge in [-0.05, 0) is 33.6 Å². The molecule has 0 aliphatic carbocycles. The highest BCUT2D eigenvalue weighted by atomic mass is 16.5. The molecule has 1 rings (SSSR count). The van der Waals surface area contributed by atoms with Gasteiger partial charge in [-0.25, -0.2) is 0 Å². The molecule has 15 heavy (non-hydrogen) atoms. The van der Waals surface area contributed by atoms with E-state index in [1.807, 2.05) is 18.7 Å². The molecular weight excluding hydrogens is 194 g/mol. The minimum absolute atomic E-state index is 0.103. The van der Waals surface area contributed by atoms with Crippen LogP contribution < -0.4 is 0 Å². The monoisotopic (exact) mass is 215 g/mol. The van der Waals surface area contributed by atoms with E-state index in [4.69, 9.17) is 9.84 Å². The van der Waals surface area contributed by atoms with Crippen LogP contribution in [0.5, 0.6) is 0 Å². The summed E-state index contributed by atoms with van der Waals surface area (Å²) in [6, 6.07) is 0.251. The molecule has 1 aliphatic heterocycles. The minimum atomic E-state index is -0.769. The van der Waals surface area contributed by atoms with E-state index in [0.717, 1.165) is 19.4 Å². The predicted octanol–water partition coefficient (Wildman–Crippen LogP) is 1.35. The molecule has 0 radical (unpaired) electrons. The first-order chi connectivity index (χ1) is 6.99. The normalized spacial score (nSPS) is 26.5. The number of rotatable bonds is 5. The van der Waals surface area contributed by atoms with Gasteiger partial charge in [0.2, 0.25) is 0 Å². The first-order valence-corrected chi connectivity index (χ1v) is 5.60. The third-order valence-corrected chi connectivity index (χ3v) is 2.83. The summed E-state index contributed by atoms with van der Waals surface area (Å²) in [6.45, 7) is 6.93. The first-order valence-electron chi connectivity index (χ1n) is 5.60. The van der Waals surface area contributed by atoms with E-state index >= 15 is 0 Å². The highest BCUT2D eigenvalue weighted by Gasteiger charge is 2.25. The molecule has 1 fully saturated rings. The maximum absolute atomic E-state index is 10.7. The summed E-state index contributed by atoms with van der Waals surface area (Å²) in [7, 11) is 0. The highest BCUT2D eigenvalue weighted by molar-refractivity contribution is 5.69. The van der Waals surface area contributed by atoms with Gasteiger partial charge < -0.3 is 9.84 Å². The van der Waals surface area contributed by atoms with E-state index in [9.17, 15) is 4.79 Å². The van der Waals surface area contributed by atoms with Gasteiger partial charge in [-0.2, -0.15) is 0 Å². The molecule has 0 spiro atoms. The SMILES string of the molecule is CC1CCC(CN(CC(=O)O)C(C)C)O1. The van der Waals surface area contributed by atoms with E-state index in [1.54, 1.807) is 0 Å². The number of nitrogens with zero attached hydrogens (tertiary/aromatic N) is 1. The summed E-state index contributed by atoms with van der Waals surface area (Å²) in [4.78, 5) is 12.6. The maximum Gasteiger partial charge on any atom is 0.317 e. The lowest BCUT2D eigenvalue weighted by Crippen LogP contribution is -2.40. The van der Waals surface area contributed by atoms with Gasteiger partial charge in [0.15, 0.2) is 0 Å². The average Bonchev–Trinajstić information content (AvgIpc) is 2.49. The fourth-order valence-corrected chi connectivity index (χ4v) is 1.91. The number of carboxylic acids is 1. The molecule has 88 valence electrons. The molecule has 1 aliphatic rings. The molecule has 2 atom stereocenters. The van der Waals surface area contributed by atoms with Crippen LogP contribution >= 0.6 is 0 Å². The van der Waals surface area contributed by atoms with E-state index in [1.165, 1.54) is 0 Å². The molecule has 4 heteroatoms. The van der Waals surface area contributed by atoms with E-state index in [0.29, 0.717) is 6.10 Å². The van der Waals surface area contributed by atoms with Crippen molar-refractivity contribution in [3.63, 3.8) is 0 Å². The zero-order valence-corrected chi connectivity index (χ0v) is 9.77. The van der Waals surface area contributed by atoms with Crippen LogP contribution in [0, 0.1) is 0 Å². The topological polar surface area (TPSA) is 49.8 Å². The third kappa shape index (κ3) is 4.18. The van der Waals surface area contributed by atoms with Crippen molar-refractivity contribution in [2.75, 3.05) is 13.1 Å². The Hall–Kier alpha value is -0.610. The van der Waals surface area contributed by atoms with E-state index in [2.05, 4.69) is 6.92 Å². The number of hydrogen-bond donors (Lipinski definition) is 1. The summed E-state index contributed by atoms with van der Waals surface area (Å²) >= 11 is 0. The first kappa shape index (κ1) is 12.5. The molecule has 1 heterocycles. The Bertz CT molecular complexity index is 218. The molecule has 1 saturated heterocycles. The Balaban J connectivity index is 2.40. The smallest absolute Gasteiger partial charge is 0.317 e. The second kappa shape index (κ2) is 5.47. The molecule has 0 saturated carbocycles. The van der Waals surface area contributed by atoms with Crippen molar-refractivity contribution in [3.05, 3.63) is 0 Å². The van der Waals surface area contributed by atoms with Crippen molar-refractivity contribution in [1.82, 2.24) is 4.90 Å². The molecule has 0 aromatic heterocycles. The fourth-order valence-electron chi connectivity index (χ4n) is 1.91. The Morgan fingerprint density at radius 3 is 2.60 bits per heavy atom. The predicted molar refractivity (Wildman–Crippen MR) is 57.9 cm³/mol. The van der Waals surface area contributed by atoms with Crippen LogP contribution in [0.15, 0.2) is 0 Å². The molecular formula is C11H21NO3. The minimum Gasteiger partial charge on any atom is -0.480 e. The number of hydrogen-bond acceptors (Lipinski definition) is 3. The zero-order chi connectivity index (χ0) is 11.4. The van der Waals surface area contributed by atoms with Gasteiger partial charge in [-0.1, -0.05) is 0 Å². The van der Waals surface area contributed by atoms with E-state index in [-0.39, 0.29) is 18.7 Å². The zero-order valence-electron chi connectivity index (χ0n) is 9.77. The standard InChI is InChI=1S/C11H21NO3/c1-8(2)12(7-11(13)14)6-10-5-4-9(3)15-10/h8-10H,4-7H2,1-3H3,(H,13,14). The number of ether oxygens (including phenoxy) is 1. The van der Waals surface area contributed by atoms with Gasteiger partial charge in [0.05, 0.1) is 18.8 Å². The third-order valence-electron chi connectivity index (χ3n) is 2.83. The number of carbonyl (C=O) groups is 1. The fraction of sp³-hybridized carbons (Fsp3) is 0.909. The summed E-state index contributed by atoms with van der Waals surface area (Å²) in [6.07, 6.45) is 2.67. The van der Waals surface area contributed by atoms with Crippen molar-refractivity contribution in [2.45, 2.75) is 51.9 Å². The molecule has 2 unspecified atom stereocenters. The van der Waals surface area contributed by atoms with Crippen LogP contribution in [0.2, 0.25) is 0 Å². The van der Waals surface area contributed by atoms with Crippen LogP contribution in [0.4, 0.5) is 0 Å². The van der Waals surface area contributed by atoms with Gasteiger partial charge >= 0.3 is 5.97 Å². The molecule has 4 nitrogen and oxygen atoms in total. The van der Waals surface area contributed by atoms with Crippen molar-refractivity contribution in [3.8, 4) is 0 Å². The lowest BCUT2D eigenvalue weighted by molar-refractivity contribution is -0.139. The molecule has 0 aromatic carbocycles. The van der Waals surface area contributed by atoms with Gasteiger partial charge in [-0.15, -0.1) is 0 Å². The Labute approximate surface area is 91.2 Å². The van der Waals surface area contributed by atoms with Crippen LogP contribution in [0.1, 0.15) is 33.6 Å². The van der Waals surface area contributed by atoms with Gasteiger partial charge in [0.1, 0.15) is 0 Å². The number of aliphatic carboxylic acids is 1. The summed E-state index contributed by atoms with van der Waals surface area (Å²) in [5, 5.41) is 8.78. The van der Waals surface area contributed by atoms with Gasteiger partial charge in [0, 0.05) is 12.6 Å². The quantitative estimate of drug-likeness (QED) is 0.752. The average molecular weight is 215 g/mol. The van der Waals surface area contributed by atoms with Gasteiger partial charge in [0.25, 0.3) is 0 Å². The van der Waals surface area contributed by atoms with Crippen molar-refractivity contribution in [1.29, 1.82) is 0 Å². The number of carboxylic acid groups (broad SMARTS) is 1. The van der Waals surface area contributed by atoms with Crippen molar-refractivity contribution in [2.24, 2.45) is 0 Å². The maximum atomic E-state index is 10.7. The summed E-state index contributed by atoms with van der Waals surface area (Å²) < 4.78 is 5.69.